The van der Waals surface area contributed by atoms with E-state index in [0.29, 0.717) is 5.69 Å². The molecule has 2 aromatic rings. The monoisotopic (exact) mass is 274 g/mol. The molecule has 20 heavy (non-hydrogen) atoms. The van der Waals surface area contributed by atoms with E-state index in [0.717, 1.165) is 43.1 Å². The number of rotatable bonds is 3. The molecule has 3 heterocycles. The SMILES string of the molecule is CN(C)C(=O)c1n[nH]c2c1CCN(Cc1ccco1)C2. The largest absolute Gasteiger partial charge is 0.468 e. The van der Waals surface area contributed by atoms with Crippen LogP contribution in [0.2, 0.25) is 0 Å². The summed E-state index contributed by atoms with van der Waals surface area (Å²) in [4.78, 5) is 15.9. The fourth-order valence-electron chi connectivity index (χ4n) is 2.52. The smallest absolute Gasteiger partial charge is 0.274 e. The predicted octanol–water partition coefficient (Wildman–Crippen LogP) is 1.26. The first kappa shape index (κ1) is 12.9. The van der Waals surface area contributed by atoms with Crippen molar-refractivity contribution in [1.82, 2.24) is 20.0 Å². The number of fused-ring (bicyclic) bond motifs is 1. The van der Waals surface area contributed by atoms with Crippen LogP contribution in [0.1, 0.15) is 27.5 Å². The molecule has 0 bridgehead atoms. The molecule has 1 aliphatic rings. The average Bonchev–Trinajstić information content (AvgIpc) is 3.06. The minimum Gasteiger partial charge on any atom is -0.468 e. The number of aromatic amines is 1. The van der Waals surface area contributed by atoms with Crippen LogP contribution in [0, 0.1) is 0 Å². The number of nitrogens with one attached hydrogen (secondary N) is 1. The number of nitrogens with zero attached hydrogens (tertiary/aromatic N) is 3. The minimum atomic E-state index is -0.0398. The summed E-state index contributed by atoms with van der Waals surface area (Å²) in [5.41, 5.74) is 2.65. The molecule has 1 aliphatic heterocycles. The van der Waals surface area contributed by atoms with Crippen molar-refractivity contribution in [3.63, 3.8) is 0 Å². The summed E-state index contributed by atoms with van der Waals surface area (Å²) in [5, 5.41) is 7.19. The second kappa shape index (κ2) is 5.13. The van der Waals surface area contributed by atoms with Crippen LogP contribution in [0.25, 0.3) is 0 Å². The van der Waals surface area contributed by atoms with Gasteiger partial charge in [0.25, 0.3) is 5.91 Å². The number of hydrogen-bond acceptors (Lipinski definition) is 4. The third-order valence-corrected chi connectivity index (χ3v) is 3.58. The average molecular weight is 274 g/mol. The Morgan fingerprint density at radius 2 is 2.40 bits per heavy atom. The fourth-order valence-corrected chi connectivity index (χ4v) is 2.52. The van der Waals surface area contributed by atoms with E-state index in [2.05, 4.69) is 15.1 Å². The Morgan fingerprint density at radius 3 is 3.10 bits per heavy atom. The molecule has 0 spiro atoms. The van der Waals surface area contributed by atoms with Crippen molar-refractivity contribution in [2.24, 2.45) is 0 Å². The summed E-state index contributed by atoms with van der Waals surface area (Å²) in [6.45, 7) is 2.45. The summed E-state index contributed by atoms with van der Waals surface area (Å²) in [7, 11) is 3.49. The molecule has 1 amide bonds. The van der Waals surface area contributed by atoms with Gasteiger partial charge < -0.3 is 9.32 Å². The maximum Gasteiger partial charge on any atom is 0.274 e. The quantitative estimate of drug-likeness (QED) is 0.915. The van der Waals surface area contributed by atoms with Crippen molar-refractivity contribution >= 4 is 5.91 Å². The van der Waals surface area contributed by atoms with Gasteiger partial charge in [-0.3, -0.25) is 14.8 Å². The van der Waals surface area contributed by atoms with Crippen molar-refractivity contribution in [3.8, 4) is 0 Å². The van der Waals surface area contributed by atoms with Gasteiger partial charge in [0.2, 0.25) is 0 Å². The van der Waals surface area contributed by atoms with Gasteiger partial charge in [0, 0.05) is 32.7 Å². The molecule has 0 fully saturated rings. The van der Waals surface area contributed by atoms with Gasteiger partial charge >= 0.3 is 0 Å². The molecule has 1 N–H and O–H groups in total. The third kappa shape index (κ3) is 2.34. The zero-order valence-electron chi connectivity index (χ0n) is 11.7. The number of amides is 1. The van der Waals surface area contributed by atoms with Gasteiger partial charge in [-0.2, -0.15) is 5.10 Å². The minimum absolute atomic E-state index is 0.0398. The van der Waals surface area contributed by atoms with E-state index in [1.54, 1.807) is 25.3 Å². The van der Waals surface area contributed by atoms with Crippen molar-refractivity contribution in [1.29, 1.82) is 0 Å². The normalized spacial score (nSPS) is 15.1. The van der Waals surface area contributed by atoms with Crippen LogP contribution in [0.15, 0.2) is 22.8 Å². The predicted molar refractivity (Wildman–Crippen MR) is 73.1 cm³/mol. The van der Waals surface area contributed by atoms with Crippen molar-refractivity contribution < 1.29 is 9.21 Å². The zero-order valence-corrected chi connectivity index (χ0v) is 11.7. The van der Waals surface area contributed by atoms with E-state index in [1.807, 2.05) is 12.1 Å². The number of carbonyl (C=O) groups excluding carboxylic acids is 1. The lowest BCUT2D eigenvalue weighted by Gasteiger charge is -2.25. The van der Waals surface area contributed by atoms with Crippen LogP contribution < -0.4 is 0 Å². The van der Waals surface area contributed by atoms with Gasteiger partial charge in [0.15, 0.2) is 5.69 Å². The van der Waals surface area contributed by atoms with Crippen molar-refractivity contribution in [2.75, 3.05) is 20.6 Å². The van der Waals surface area contributed by atoms with Crippen molar-refractivity contribution in [2.45, 2.75) is 19.5 Å². The van der Waals surface area contributed by atoms with Gasteiger partial charge in [-0.15, -0.1) is 0 Å². The highest BCUT2D eigenvalue weighted by atomic mass is 16.3. The Hall–Kier alpha value is -2.08. The van der Waals surface area contributed by atoms with E-state index < -0.39 is 0 Å². The third-order valence-electron chi connectivity index (χ3n) is 3.58. The molecule has 2 aromatic heterocycles. The highest BCUT2D eigenvalue weighted by molar-refractivity contribution is 5.93. The molecule has 6 heteroatoms. The molecule has 106 valence electrons. The summed E-state index contributed by atoms with van der Waals surface area (Å²) >= 11 is 0. The van der Waals surface area contributed by atoms with Crippen LogP contribution in [0.3, 0.4) is 0 Å². The summed E-state index contributed by atoms with van der Waals surface area (Å²) in [6.07, 6.45) is 2.52. The van der Waals surface area contributed by atoms with Crippen LogP contribution >= 0.6 is 0 Å². The molecule has 6 nitrogen and oxygen atoms in total. The molecule has 3 rings (SSSR count). The highest BCUT2D eigenvalue weighted by Gasteiger charge is 2.26. The number of H-pyrrole nitrogens is 1. The van der Waals surface area contributed by atoms with Gasteiger partial charge in [0.05, 0.1) is 18.5 Å². The Labute approximate surface area is 117 Å². The molecule has 0 aliphatic carbocycles. The molecule has 0 saturated heterocycles. The number of carbonyl (C=O) groups is 1. The number of aromatic nitrogens is 2. The molecular weight excluding hydrogens is 256 g/mol. The lowest BCUT2D eigenvalue weighted by atomic mass is 10.0. The summed E-state index contributed by atoms with van der Waals surface area (Å²) in [5.74, 6) is 0.916. The molecule has 0 saturated carbocycles. The van der Waals surface area contributed by atoms with Gasteiger partial charge in [-0.05, 0) is 18.6 Å². The van der Waals surface area contributed by atoms with Gasteiger partial charge in [0.1, 0.15) is 5.76 Å². The standard InChI is InChI=1S/C14H18N4O2/c1-17(2)14(19)13-11-5-6-18(9-12(11)15-16-13)8-10-4-3-7-20-10/h3-4,7H,5-6,8-9H2,1-2H3,(H,15,16). The first-order chi connectivity index (χ1) is 9.65. The molecule has 0 unspecified atom stereocenters. The first-order valence-corrected chi connectivity index (χ1v) is 6.67. The fraction of sp³-hybridized carbons (Fsp3) is 0.429. The molecular formula is C14H18N4O2. The van der Waals surface area contributed by atoms with Crippen LogP contribution in [-0.2, 0) is 19.5 Å². The Bertz CT molecular complexity index is 601. The summed E-state index contributed by atoms with van der Waals surface area (Å²) in [6, 6.07) is 3.87. The maximum absolute atomic E-state index is 12.0. The first-order valence-electron chi connectivity index (χ1n) is 6.67. The molecule has 0 aromatic carbocycles. The number of furan rings is 1. The topological polar surface area (TPSA) is 65.4 Å². The maximum atomic E-state index is 12.0. The summed E-state index contributed by atoms with van der Waals surface area (Å²) < 4.78 is 5.37. The van der Waals surface area contributed by atoms with Crippen LogP contribution in [-0.4, -0.2) is 46.5 Å². The lowest BCUT2D eigenvalue weighted by molar-refractivity contribution is 0.0820. The molecule has 0 atom stereocenters. The zero-order chi connectivity index (χ0) is 14.1. The lowest BCUT2D eigenvalue weighted by Crippen LogP contribution is -2.31. The van der Waals surface area contributed by atoms with Gasteiger partial charge in [-0.25, -0.2) is 0 Å². The van der Waals surface area contributed by atoms with Crippen LogP contribution in [0.4, 0.5) is 0 Å². The Morgan fingerprint density at radius 1 is 1.55 bits per heavy atom. The Balaban J connectivity index is 1.75. The van der Waals surface area contributed by atoms with E-state index in [-0.39, 0.29) is 5.91 Å². The Kier molecular flexibility index (Phi) is 3.31. The second-order valence-electron chi connectivity index (χ2n) is 5.27. The van der Waals surface area contributed by atoms with E-state index in [1.165, 1.54) is 0 Å². The van der Waals surface area contributed by atoms with E-state index >= 15 is 0 Å². The van der Waals surface area contributed by atoms with E-state index in [9.17, 15) is 4.79 Å². The molecule has 0 radical (unpaired) electrons. The van der Waals surface area contributed by atoms with Gasteiger partial charge in [-0.1, -0.05) is 0 Å². The van der Waals surface area contributed by atoms with E-state index in [4.69, 9.17) is 4.42 Å². The second-order valence-corrected chi connectivity index (χ2v) is 5.27. The van der Waals surface area contributed by atoms with Crippen molar-refractivity contribution in [3.05, 3.63) is 41.1 Å². The number of hydrogen-bond donors (Lipinski definition) is 1. The van der Waals surface area contributed by atoms with Crippen LogP contribution in [0.5, 0.6) is 0 Å². The highest BCUT2D eigenvalue weighted by Crippen LogP contribution is 2.22.